The van der Waals surface area contributed by atoms with Crippen LogP contribution in [0.5, 0.6) is 5.75 Å². The fourth-order valence-corrected chi connectivity index (χ4v) is 3.06. The minimum atomic E-state index is -0.660. The van der Waals surface area contributed by atoms with E-state index in [1.807, 2.05) is 32.9 Å². The summed E-state index contributed by atoms with van der Waals surface area (Å²) in [5, 5.41) is 9.57. The summed E-state index contributed by atoms with van der Waals surface area (Å²) in [5.41, 5.74) is 0.606. The van der Waals surface area contributed by atoms with Crippen molar-refractivity contribution in [2.75, 3.05) is 19.7 Å². The smallest absolute Gasteiger partial charge is 0.311 e. The van der Waals surface area contributed by atoms with Gasteiger partial charge in [-0.25, -0.2) is 0 Å². The van der Waals surface area contributed by atoms with Gasteiger partial charge in [0.05, 0.1) is 12.0 Å². The Balaban J connectivity index is 2.00. The summed E-state index contributed by atoms with van der Waals surface area (Å²) in [6, 6.07) is 8.06. The number of carboxylic acids is 1. The average Bonchev–Trinajstić information content (AvgIpc) is 2.87. The molecule has 0 aromatic heterocycles. The first-order valence-electron chi connectivity index (χ1n) is 7.65. The van der Waals surface area contributed by atoms with Crippen LogP contribution in [0.25, 0.3) is 0 Å². The standard InChI is InChI=1S/C17H25NO3/c1-4-21-15-7-5-14(6-8-15)11-18-10-9-17(12-18,13(2)3)16(19)20/h5-8,13H,4,9-12H2,1-3H3,(H,19,20). The SMILES string of the molecule is CCOc1ccc(CN2CCC(C(=O)O)(C(C)C)C2)cc1. The monoisotopic (exact) mass is 291 g/mol. The van der Waals surface area contributed by atoms with Gasteiger partial charge in [-0.1, -0.05) is 26.0 Å². The van der Waals surface area contributed by atoms with E-state index in [-0.39, 0.29) is 5.92 Å². The highest BCUT2D eigenvalue weighted by Crippen LogP contribution is 2.38. The van der Waals surface area contributed by atoms with E-state index in [0.717, 1.165) is 25.3 Å². The van der Waals surface area contributed by atoms with Gasteiger partial charge < -0.3 is 9.84 Å². The molecule has 1 aliphatic heterocycles. The molecule has 1 N–H and O–H groups in total. The van der Waals surface area contributed by atoms with E-state index >= 15 is 0 Å². The van der Waals surface area contributed by atoms with Crippen LogP contribution in [0.15, 0.2) is 24.3 Å². The maximum absolute atomic E-state index is 11.6. The molecule has 21 heavy (non-hydrogen) atoms. The van der Waals surface area contributed by atoms with E-state index < -0.39 is 11.4 Å². The van der Waals surface area contributed by atoms with E-state index in [2.05, 4.69) is 17.0 Å². The molecule has 1 heterocycles. The molecule has 2 rings (SSSR count). The van der Waals surface area contributed by atoms with E-state index in [1.54, 1.807) is 0 Å². The third-order valence-corrected chi connectivity index (χ3v) is 4.55. The largest absolute Gasteiger partial charge is 0.494 e. The van der Waals surface area contributed by atoms with Crippen molar-refractivity contribution in [2.24, 2.45) is 11.3 Å². The van der Waals surface area contributed by atoms with E-state index in [0.29, 0.717) is 13.2 Å². The second-order valence-corrected chi connectivity index (χ2v) is 6.15. The number of hydrogen-bond donors (Lipinski definition) is 1. The molecular formula is C17H25NO3. The van der Waals surface area contributed by atoms with Crippen LogP contribution >= 0.6 is 0 Å². The van der Waals surface area contributed by atoms with Gasteiger partial charge in [-0.05, 0) is 43.5 Å². The molecule has 4 heteroatoms. The lowest BCUT2D eigenvalue weighted by Gasteiger charge is -2.28. The first-order valence-corrected chi connectivity index (χ1v) is 7.65. The number of rotatable bonds is 6. The quantitative estimate of drug-likeness (QED) is 0.875. The molecule has 1 aromatic carbocycles. The van der Waals surface area contributed by atoms with Gasteiger partial charge in [0, 0.05) is 13.1 Å². The molecule has 0 aliphatic carbocycles. The van der Waals surface area contributed by atoms with Crippen LogP contribution in [-0.4, -0.2) is 35.7 Å². The molecule has 116 valence electrons. The third-order valence-electron chi connectivity index (χ3n) is 4.55. The lowest BCUT2D eigenvalue weighted by atomic mass is 9.76. The fourth-order valence-electron chi connectivity index (χ4n) is 3.06. The zero-order chi connectivity index (χ0) is 15.5. The molecule has 1 unspecified atom stereocenters. The van der Waals surface area contributed by atoms with Gasteiger partial charge in [0.1, 0.15) is 5.75 Å². The highest BCUT2D eigenvalue weighted by Gasteiger charge is 2.46. The highest BCUT2D eigenvalue weighted by molar-refractivity contribution is 5.75. The van der Waals surface area contributed by atoms with Crippen LogP contribution in [0.4, 0.5) is 0 Å². The molecule has 0 spiro atoms. The molecule has 4 nitrogen and oxygen atoms in total. The van der Waals surface area contributed by atoms with Gasteiger partial charge in [0.15, 0.2) is 0 Å². The Labute approximate surface area is 126 Å². The summed E-state index contributed by atoms with van der Waals surface area (Å²) in [5.74, 6) is 0.372. The van der Waals surface area contributed by atoms with Gasteiger partial charge in [0.25, 0.3) is 0 Å². The molecular weight excluding hydrogens is 266 g/mol. The predicted octanol–water partition coefficient (Wildman–Crippen LogP) is 3.02. The Kier molecular flexibility index (Phi) is 4.88. The molecule has 1 fully saturated rings. The molecule has 0 saturated carbocycles. The normalized spacial score (nSPS) is 22.7. The second-order valence-electron chi connectivity index (χ2n) is 6.15. The third kappa shape index (κ3) is 3.38. The number of ether oxygens (including phenoxy) is 1. The molecule has 0 amide bonds. The summed E-state index contributed by atoms with van der Waals surface area (Å²) in [7, 11) is 0. The number of nitrogens with zero attached hydrogens (tertiary/aromatic N) is 1. The topological polar surface area (TPSA) is 49.8 Å². The van der Waals surface area contributed by atoms with Crippen LogP contribution in [-0.2, 0) is 11.3 Å². The van der Waals surface area contributed by atoms with Crippen LogP contribution in [0.2, 0.25) is 0 Å². The Morgan fingerprint density at radius 3 is 2.52 bits per heavy atom. The maximum atomic E-state index is 11.6. The molecule has 1 aliphatic rings. The molecule has 0 bridgehead atoms. The van der Waals surface area contributed by atoms with Crippen LogP contribution in [0.1, 0.15) is 32.8 Å². The van der Waals surface area contributed by atoms with E-state index in [9.17, 15) is 9.90 Å². The molecule has 0 radical (unpaired) electrons. The summed E-state index contributed by atoms with van der Waals surface area (Å²) in [6.45, 7) is 8.93. The first-order chi connectivity index (χ1) is 9.98. The van der Waals surface area contributed by atoms with Gasteiger partial charge in [-0.3, -0.25) is 9.69 Å². The van der Waals surface area contributed by atoms with Crippen molar-refractivity contribution in [3.05, 3.63) is 29.8 Å². The van der Waals surface area contributed by atoms with Crippen LogP contribution in [0.3, 0.4) is 0 Å². The van der Waals surface area contributed by atoms with Crippen LogP contribution in [0, 0.1) is 11.3 Å². The lowest BCUT2D eigenvalue weighted by molar-refractivity contribution is -0.151. The summed E-state index contributed by atoms with van der Waals surface area (Å²) in [6.07, 6.45) is 0.733. The van der Waals surface area contributed by atoms with Crippen molar-refractivity contribution < 1.29 is 14.6 Å². The minimum Gasteiger partial charge on any atom is -0.494 e. The van der Waals surface area contributed by atoms with Gasteiger partial charge in [-0.15, -0.1) is 0 Å². The summed E-state index contributed by atoms with van der Waals surface area (Å²) < 4.78 is 5.44. The number of aliphatic carboxylic acids is 1. The zero-order valence-electron chi connectivity index (χ0n) is 13.1. The summed E-state index contributed by atoms with van der Waals surface area (Å²) in [4.78, 5) is 13.9. The Morgan fingerprint density at radius 1 is 1.38 bits per heavy atom. The van der Waals surface area contributed by atoms with Crippen molar-refractivity contribution >= 4 is 5.97 Å². The number of carboxylic acid groups (broad SMARTS) is 1. The van der Waals surface area contributed by atoms with E-state index in [4.69, 9.17) is 4.74 Å². The second kappa shape index (κ2) is 6.48. The van der Waals surface area contributed by atoms with Gasteiger partial charge in [-0.2, -0.15) is 0 Å². The number of carbonyl (C=O) groups is 1. The van der Waals surface area contributed by atoms with Crippen LogP contribution < -0.4 is 4.74 Å². The average molecular weight is 291 g/mol. The van der Waals surface area contributed by atoms with Gasteiger partial charge >= 0.3 is 5.97 Å². The molecule has 1 saturated heterocycles. The Bertz CT molecular complexity index is 483. The Morgan fingerprint density at radius 2 is 2.05 bits per heavy atom. The molecule has 1 aromatic rings. The molecule has 1 atom stereocenters. The lowest BCUT2D eigenvalue weighted by Crippen LogP contribution is -2.39. The van der Waals surface area contributed by atoms with Crippen molar-refractivity contribution in [1.29, 1.82) is 0 Å². The minimum absolute atomic E-state index is 0.153. The fraction of sp³-hybridized carbons (Fsp3) is 0.588. The van der Waals surface area contributed by atoms with Crippen molar-refractivity contribution in [2.45, 2.75) is 33.7 Å². The van der Waals surface area contributed by atoms with Crippen molar-refractivity contribution in [1.82, 2.24) is 4.90 Å². The summed E-state index contributed by atoms with van der Waals surface area (Å²) >= 11 is 0. The first kappa shape index (κ1) is 15.8. The van der Waals surface area contributed by atoms with Gasteiger partial charge in [0.2, 0.25) is 0 Å². The number of benzene rings is 1. The number of likely N-dealkylation sites (tertiary alicyclic amines) is 1. The van der Waals surface area contributed by atoms with E-state index in [1.165, 1.54) is 5.56 Å². The maximum Gasteiger partial charge on any atom is 0.311 e. The highest BCUT2D eigenvalue weighted by atomic mass is 16.5. The predicted molar refractivity (Wildman–Crippen MR) is 82.4 cm³/mol. The zero-order valence-corrected chi connectivity index (χ0v) is 13.1. The Hall–Kier alpha value is -1.55. The van der Waals surface area contributed by atoms with Crippen molar-refractivity contribution in [3.8, 4) is 5.75 Å². The number of hydrogen-bond acceptors (Lipinski definition) is 3. The van der Waals surface area contributed by atoms with Crippen molar-refractivity contribution in [3.63, 3.8) is 0 Å².